The number of rotatable bonds is 3. The van der Waals surface area contributed by atoms with Crippen molar-refractivity contribution in [1.82, 2.24) is 5.32 Å². The van der Waals surface area contributed by atoms with E-state index in [2.05, 4.69) is 5.32 Å². The topological polar surface area (TPSA) is 46.2 Å². The van der Waals surface area contributed by atoms with Crippen LogP contribution in [-0.2, 0) is 4.79 Å². The summed E-state index contributed by atoms with van der Waals surface area (Å²) in [6.45, 7) is 2.04. The van der Waals surface area contributed by atoms with Crippen molar-refractivity contribution in [3.63, 3.8) is 0 Å². The van der Waals surface area contributed by atoms with Gasteiger partial charge >= 0.3 is 0 Å². The quantitative estimate of drug-likeness (QED) is 0.573. The molecule has 0 atom stereocenters. The summed E-state index contributed by atoms with van der Waals surface area (Å²) in [4.78, 5) is 22.2. The lowest BCUT2D eigenvalue weighted by atomic mass is 10.3. The number of imide groups is 1. The fraction of sp³-hybridized carbons (Fsp3) is 0.200. The first-order chi connectivity index (χ1) is 6.74. The second-order valence-corrected chi connectivity index (χ2v) is 3.61. The lowest BCUT2D eigenvalue weighted by Crippen LogP contribution is -2.17. The number of thioether (sulfide) groups is 1. The summed E-state index contributed by atoms with van der Waals surface area (Å²) in [6.07, 6.45) is 10.1. The van der Waals surface area contributed by atoms with Crippen molar-refractivity contribution in [1.29, 1.82) is 0 Å². The molecule has 3 nitrogen and oxygen atoms in total. The highest BCUT2D eigenvalue weighted by atomic mass is 32.2. The van der Waals surface area contributed by atoms with Gasteiger partial charge in [-0.1, -0.05) is 31.2 Å². The molecule has 1 rings (SSSR count). The van der Waals surface area contributed by atoms with E-state index in [1.54, 1.807) is 12.2 Å². The van der Waals surface area contributed by atoms with Crippen LogP contribution in [0.25, 0.3) is 0 Å². The van der Waals surface area contributed by atoms with Crippen molar-refractivity contribution in [2.45, 2.75) is 13.3 Å². The fourth-order valence-corrected chi connectivity index (χ4v) is 1.49. The molecule has 1 saturated heterocycles. The van der Waals surface area contributed by atoms with Crippen molar-refractivity contribution < 1.29 is 9.59 Å². The lowest BCUT2D eigenvalue weighted by Gasteiger charge is -1.84. The highest BCUT2D eigenvalue weighted by Gasteiger charge is 2.23. The maximum Gasteiger partial charge on any atom is 0.290 e. The van der Waals surface area contributed by atoms with Gasteiger partial charge in [-0.05, 0) is 24.3 Å². The van der Waals surface area contributed by atoms with E-state index in [0.29, 0.717) is 4.91 Å². The number of nitrogens with one attached hydrogen (secondary N) is 1. The first-order valence-corrected chi connectivity index (χ1v) is 5.12. The predicted molar refractivity (Wildman–Crippen MR) is 57.8 cm³/mol. The van der Waals surface area contributed by atoms with Gasteiger partial charge in [0.1, 0.15) is 0 Å². The molecule has 74 valence electrons. The van der Waals surface area contributed by atoms with Gasteiger partial charge < -0.3 is 0 Å². The maximum absolute atomic E-state index is 11.0. The molecule has 0 saturated carbocycles. The Morgan fingerprint density at radius 1 is 1.29 bits per heavy atom. The van der Waals surface area contributed by atoms with Crippen molar-refractivity contribution in [2.24, 2.45) is 0 Å². The van der Waals surface area contributed by atoms with Crippen LogP contribution >= 0.6 is 11.8 Å². The zero-order valence-electron chi connectivity index (χ0n) is 7.82. The Bertz CT molecular complexity index is 329. The van der Waals surface area contributed by atoms with Crippen molar-refractivity contribution in [2.75, 3.05) is 0 Å². The van der Waals surface area contributed by atoms with Crippen molar-refractivity contribution in [3.8, 4) is 0 Å². The van der Waals surface area contributed by atoms with Gasteiger partial charge in [-0.25, -0.2) is 0 Å². The van der Waals surface area contributed by atoms with E-state index in [4.69, 9.17) is 0 Å². The Kier molecular flexibility index (Phi) is 4.19. The molecule has 0 aromatic heterocycles. The molecular formula is C10H11NO2S. The molecule has 0 aromatic rings. The number of hydrogen-bond acceptors (Lipinski definition) is 3. The van der Waals surface area contributed by atoms with Gasteiger partial charge in [0.05, 0.1) is 4.91 Å². The number of amides is 2. The van der Waals surface area contributed by atoms with Crippen molar-refractivity contribution in [3.05, 3.63) is 35.3 Å². The number of hydrogen-bond donors (Lipinski definition) is 1. The predicted octanol–water partition coefficient (Wildman–Crippen LogP) is 2.38. The molecular weight excluding hydrogens is 198 g/mol. The first-order valence-electron chi connectivity index (χ1n) is 4.30. The van der Waals surface area contributed by atoms with E-state index in [1.807, 2.05) is 25.2 Å². The molecule has 0 unspecified atom stereocenters. The summed E-state index contributed by atoms with van der Waals surface area (Å²) in [5.41, 5.74) is 0. The molecule has 1 aliphatic heterocycles. The molecule has 4 heteroatoms. The number of carbonyl (C=O) groups is 2. The summed E-state index contributed by atoms with van der Waals surface area (Å²) in [5.74, 6) is -0.316. The molecule has 1 aliphatic rings. The average molecular weight is 209 g/mol. The van der Waals surface area contributed by atoms with Gasteiger partial charge in [0, 0.05) is 0 Å². The van der Waals surface area contributed by atoms with Crippen LogP contribution in [0.1, 0.15) is 13.3 Å². The third kappa shape index (κ3) is 3.22. The van der Waals surface area contributed by atoms with Crippen LogP contribution in [0.2, 0.25) is 0 Å². The van der Waals surface area contributed by atoms with E-state index >= 15 is 0 Å². The number of carbonyl (C=O) groups excluding carboxylic acids is 2. The van der Waals surface area contributed by atoms with Gasteiger partial charge in [-0.2, -0.15) is 0 Å². The van der Waals surface area contributed by atoms with Gasteiger partial charge in [0.2, 0.25) is 0 Å². The third-order valence-corrected chi connectivity index (χ3v) is 2.31. The zero-order valence-corrected chi connectivity index (χ0v) is 8.64. The molecule has 0 bridgehead atoms. The lowest BCUT2D eigenvalue weighted by molar-refractivity contribution is -0.115. The minimum atomic E-state index is -0.316. The Labute approximate surface area is 86.9 Å². The molecule has 0 spiro atoms. The molecule has 0 radical (unpaired) electrons. The van der Waals surface area contributed by atoms with Crippen LogP contribution in [0.5, 0.6) is 0 Å². The largest absolute Gasteiger partial charge is 0.290 e. The van der Waals surface area contributed by atoms with Crippen molar-refractivity contribution >= 4 is 22.9 Å². The van der Waals surface area contributed by atoms with Crippen LogP contribution < -0.4 is 5.32 Å². The Morgan fingerprint density at radius 3 is 2.64 bits per heavy atom. The highest BCUT2D eigenvalue weighted by Crippen LogP contribution is 2.22. The van der Waals surface area contributed by atoms with Crippen LogP contribution in [0, 0.1) is 0 Å². The van der Waals surface area contributed by atoms with Crippen LogP contribution in [0.15, 0.2) is 35.3 Å². The van der Waals surface area contributed by atoms with Crippen LogP contribution in [0.3, 0.4) is 0 Å². The summed E-state index contributed by atoms with van der Waals surface area (Å²) in [7, 11) is 0. The second kappa shape index (κ2) is 5.44. The third-order valence-electron chi connectivity index (χ3n) is 1.48. The second-order valence-electron chi connectivity index (χ2n) is 2.60. The molecule has 1 N–H and O–H groups in total. The van der Waals surface area contributed by atoms with Crippen LogP contribution in [0.4, 0.5) is 4.79 Å². The number of allylic oxidation sites excluding steroid dienone is 5. The van der Waals surface area contributed by atoms with Crippen LogP contribution in [-0.4, -0.2) is 11.1 Å². The Morgan fingerprint density at radius 2 is 2.07 bits per heavy atom. The fourth-order valence-electron chi connectivity index (χ4n) is 0.857. The molecule has 14 heavy (non-hydrogen) atoms. The van der Waals surface area contributed by atoms with E-state index in [9.17, 15) is 9.59 Å². The standard InChI is InChI=1S/C10H11NO2S/c1-2-3-4-5-6-7-8-9(12)11-10(13)14-8/h3-7H,2H2,1H3,(H,11,12,13)/b4-3+,6-5+,8-7-. The highest BCUT2D eigenvalue weighted by molar-refractivity contribution is 8.18. The first kappa shape index (κ1) is 10.8. The molecule has 2 amide bonds. The Hall–Kier alpha value is -1.29. The summed E-state index contributed by atoms with van der Waals surface area (Å²) >= 11 is 0.924. The van der Waals surface area contributed by atoms with E-state index < -0.39 is 0 Å². The SMILES string of the molecule is CC/C=C/C=C/C=C1\SC(=O)NC1=O. The van der Waals surface area contributed by atoms with E-state index in [0.717, 1.165) is 18.2 Å². The minimum Gasteiger partial charge on any atom is -0.282 e. The normalized spacial score (nSPS) is 20.2. The van der Waals surface area contributed by atoms with Gasteiger partial charge in [-0.3, -0.25) is 14.9 Å². The monoisotopic (exact) mass is 209 g/mol. The maximum atomic E-state index is 11.0. The summed E-state index contributed by atoms with van der Waals surface area (Å²) in [6, 6.07) is 0. The van der Waals surface area contributed by atoms with Gasteiger partial charge in [0.15, 0.2) is 0 Å². The van der Waals surface area contributed by atoms with Gasteiger partial charge in [0.25, 0.3) is 11.1 Å². The summed E-state index contributed by atoms with van der Waals surface area (Å²) < 4.78 is 0. The minimum absolute atomic E-state index is 0.307. The molecule has 0 aromatic carbocycles. The van der Waals surface area contributed by atoms with E-state index in [1.165, 1.54) is 0 Å². The molecule has 1 heterocycles. The molecule has 1 fully saturated rings. The Balaban J connectivity index is 2.53. The summed E-state index contributed by atoms with van der Waals surface area (Å²) in [5, 5.41) is 1.88. The molecule has 0 aliphatic carbocycles. The zero-order chi connectivity index (χ0) is 10.4. The smallest absolute Gasteiger partial charge is 0.282 e. The van der Waals surface area contributed by atoms with Gasteiger partial charge in [-0.15, -0.1) is 0 Å². The van der Waals surface area contributed by atoms with E-state index in [-0.39, 0.29) is 11.1 Å². The average Bonchev–Trinajstić information content (AvgIpc) is 2.45.